The highest BCUT2D eigenvalue weighted by molar-refractivity contribution is 5.83. The third-order valence-electron chi connectivity index (χ3n) is 7.62. The summed E-state index contributed by atoms with van der Waals surface area (Å²) in [5, 5.41) is 3.35. The minimum absolute atomic E-state index is 0.0126. The van der Waals surface area contributed by atoms with Gasteiger partial charge in [-0.05, 0) is 43.4 Å². The van der Waals surface area contributed by atoms with E-state index in [-0.39, 0.29) is 24.1 Å². The van der Waals surface area contributed by atoms with Gasteiger partial charge in [0, 0.05) is 50.6 Å². The molecule has 36 heavy (non-hydrogen) atoms. The molecule has 1 unspecified atom stereocenters. The Hall–Kier alpha value is -2.72. The number of hydrogen-bond acceptors (Lipinski definition) is 6. The molecule has 1 aromatic heterocycles. The molecule has 192 valence electrons. The van der Waals surface area contributed by atoms with Crippen LogP contribution in [0.2, 0.25) is 0 Å². The van der Waals surface area contributed by atoms with Crippen molar-refractivity contribution in [1.29, 1.82) is 0 Å². The summed E-state index contributed by atoms with van der Waals surface area (Å²) < 4.78 is 45.2. The van der Waals surface area contributed by atoms with E-state index in [0.717, 1.165) is 50.2 Å². The molecule has 1 aromatic carbocycles. The average molecular weight is 502 g/mol. The number of carbonyl (C=O) groups excluding carboxylic acids is 1. The highest BCUT2D eigenvalue weighted by Crippen LogP contribution is 2.39. The van der Waals surface area contributed by atoms with Gasteiger partial charge in [-0.15, -0.1) is 0 Å². The van der Waals surface area contributed by atoms with Crippen LogP contribution in [0.3, 0.4) is 0 Å². The molecule has 0 spiro atoms. The molecule has 1 N–H and O–H groups in total. The Labute approximate surface area is 208 Å². The number of piperazine rings is 1. The Morgan fingerprint density at radius 3 is 2.44 bits per heavy atom. The van der Waals surface area contributed by atoms with Gasteiger partial charge < -0.3 is 9.64 Å². The maximum atomic E-state index is 13.6. The first-order chi connectivity index (χ1) is 17.3. The second kappa shape index (κ2) is 9.30. The van der Waals surface area contributed by atoms with Gasteiger partial charge in [0.05, 0.1) is 23.7 Å². The lowest BCUT2D eigenvalue weighted by Crippen LogP contribution is -2.54. The summed E-state index contributed by atoms with van der Waals surface area (Å²) >= 11 is 0. The summed E-state index contributed by atoms with van der Waals surface area (Å²) in [5.74, 6) is 1.01. The van der Waals surface area contributed by atoms with E-state index in [1.54, 1.807) is 6.20 Å². The number of hydrogen-bond donors (Lipinski definition) is 1. The predicted octanol–water partition coefficient (Wildman–Crippen LogP) is 3.53. The molecule has 1 amide bonds. The second-order valence-electron chi connectivity index (χ2n) is 10.5. The van der Waals surface area contributed by atoms with Crippen molar-refractivity contribution in [1.82, 2.24) is 25.1 Å². The molecule has 7 nitrogen and oxygen atoms in total. The highest BCUT2D eigenvalue weighted by atomic mass is 19.4. The van der Waals surface area contributed by atoms with Crippen molar-refractivity contribution in [2.24, 2.45) is 0 Å². The van der Waals surface area contributed by atoms with Crippen LogP contribution in [0.4, 0.5) is 13.2 Å². The Kier molecular flexibility index (Phi) is 6.11. The van der Waals surface area contributed by atoms with Crippen molar-refractivity contribution in [3.8, 4) is 5.88 Å². The van der Waals surface area contributed by atoms with Gasteiger partial charge in [-0.2, -0.15) is 13.2 Å². The quantitative estimate of drug-likeness (QED) is 0.626. The lowest BCUT2D eigenvalue weighted by Gasteiger charge is -2.39. The molecule has 2 aliphatic carbocycles. The smallest absolute Gasteiger partial charge is 0.416 e. The number of alkyl halides is 3. The number of amides is 1. The summed E-state index contributed by atoms with van der Waals surface area (Å²) in [4.78, 5) is 26.7. The maximum absolute atomic E-state index is 13.6. The van der Waals surface area contributed by atoms with Gasteiger partial charge in [-0.25, -0.2) is 4.98 Å². The van der Waals surface area contributed by atoms with Crippen LogP contribution < -0.4 is 10.1 Å². The minimum atomic E-state index is -4.40. The Morgan fingerprint density at radius 2 is 1.81 bits per heavy atom. The third-order valence-corrected chi connectivity index (χ3v) is 7.62. The molecule has 4 fully saturated rings. The molecule has 6 rings (SSSR count). The van der Waals surface area contributed by atoms with Gasteiger partial charge in [0.15, 0.2) is 0 Å². The van der Waals surface area contributed by atoms with E-state index in [0.29, 0.717) is 30.5 Å². The van der Waals surface area contributed by atoms with E-state index in [1.165, 1.54) is 25.0 Å². The van der Waals surface area contributed by atoms with E-state index in [2.05, 4.69) is 20.2 Å². The molecule has 2 aromatic rings. The van der Waals surface area contributed by atoms with E-state index in [9.17, 15) is 18.0 Å². The Balaban J connectivity index is 1.09. The van der Waals surface area contributed by atoms with Gasteiger partial charge in [0.25, 0.3) is 0 Å². The van der Waals surface area contributed by atoms with Gasteiger partial charge in [0.2, 0.25) is 11.8 Å². The number of fused-ring (bicyclic) bond motifs is 1. The largest absolute Gasteiger partial charge is 0.472 e. The number of ether oxygens (including phenoxy) is 1. The fourth-order valence-electron chi connectivity index (χ4n) is 5.27. The number of nitrogens with one attached hydrogen (secondary N) is 1. The van der Waals surface area contributed by atoms with Crippen molar-refractivity contribution in [3.05, 3.63) is 53.5 Å². The number of carbonyl (C=O) groups is 1. The maximum Gasteiger partial charge on any atom is 0.416 e. The van der Waals surface area contributed by atoms with Crippen LogP contribution in [0.25, 0.3) is 0 Å². The molecule has 4 aliphatic rings. The normalized spacial score (nSPS) is 25.5. The molecule has 2 saturated carbocycles. The first kappa shape index (κ1) is 23.7. The second-order valence-corrected chi connectivity index (χ2v) is 10.5. The number of nitrogens with zero attached hydrogens (tertiary/aromatic N) is 4. The fraction of sp³-hybridized carbons (Fsp3) is 0.577. The highest BCUT2D eigenvalue weighted by Gasteiger charge is 2.41. The zero-order valence-electron chi connectivity index (χ0n) is 20.0. The molecule has 3 heterocycles. The lowest BCUT2D eigenvalue weighted by atomic mass is 10.0. The van der Waals surface area contributed by atoms with Crippen LogP contribution in [0.15, 0.2) is 36.7 Å². The molecule has 3 atom stereocenters. The molecular formula is C26H30F3N5O2. The summed E-state index contributed by atoms with van der Waals surface area (Å²) in [6, 6.07) is 4.74. The average Bonchev–Trinajstić information content (AvgIpc) is 3.80. The zero-order chi connectivity index (χ0) is 24.9. The fourth-order valence-corrected chi connectivity index (χ4v) is 5.27. The van der Waals surface area contributed by atoms with E-state index < -0.39 is 17.8 Å². The van der Waals surface area contributed by atoms with Gasteiger partial charge in [0.1, 0.15) is 12.1 Å². The molecule has 2 saturated heterocycles. The molecular weight excluding hydrogens is 471 g/mol. The lowest BCUT2D eigenvalue weighted by molar-refractivity contribution is -0.137. The van der Waals surface area contributed by atoms with Gasteiger partial charge in [-0.3, -0.25) is 20.0 Å². The molecule has 0 bridgehead atoms. The minimum Gasteiger partial charge on any atom is -0.472 e. The van der Waals surface area contributed by atoms with E-state index in [1.807, 2.05) is 11.1 Å². The van der Waals surface area contributed by atoms with Crippen LogP contribution in [0, 0.1) is 0 Å². The van der Waals surface area contributed by atoms with Crippen LogP contribution >= 0.6 is 0 Å². The number of benzene rings is 1. The van der Waals surface area contributed by atoms with Crippen LogP contribution in [0.1, 0.15) is 60.9 Å². The molecule has 2 aliphatic heterocycles. The summed E-state index contributed by atoms with van der Waals surface area (Å²) in [6.45, 7) is 2.68. The number of rotatable bonds is 7. The monoisotopic (exact) mass is 501 g/mol. The van der Waals surface area contributed by atoms with E-state index in [4.69, 9.17) is 4.74 Å². The van der Waals surface area contributed by atoms with Crippen molar-refractivity contribution in [2.75, 3.05) is 26.2 Å². The number of aromatic nitrogens is 2. The standard InChI is InChI=1S/C26H30F3N5O2/c27-26(28,29)18-5-3-17(4-6-18)24(32-19-7-8-19)25(35)34-10-9-33-15-21(11-20(33)14-34)36-23-13-30-22(12-31-23)16-1-2-16/h3-6,12-13,16,19-21,24,32H,1-2,7-11,14-15H2/t20-,21+,24?/m0/s1. The van der Waals surface area contributed by atoms with Crippen molar-refractivity contribution in [3.63, 3.8) is 0 Å². The SMILES string of the molecule is O=C(C(NC1CC1)c1ccc(C(F)(F)F)cc1)N1CCN2C[C@H](Oc3cnc(C4CC4)cn3)C[C@H]2C1. The predicted molar refractivity (Wildman–Crippen MR) is 125 cm³/mol. The topological polar surface area (TPSA) is 70.6 Å². The van der Waals surface area contributed by atoms with Gasteiger partial charge >= 0.3 is 6.18 Å². The number of halogens is 3. The van der Waals surface area contributed by atoms with Crippen molar-refractivity contribution in [2.45, 2.75) is 68.4 Å². The molecule has 0 radical (unpaired) electrons. The zero-order valence-corrected chi connectivity index (χ0v) is 20.0. The van der Waals surface area contributed by atoms with Crippen LogP contribution in [-0.2, 0) is 11.0 Å². The summed E-state index contributed by atoms with van der Waals surface area (Å²) in [7, 11) is 0. The molecule has 10 heteroatoms. The van der Waals surface area contributed by atoms with Crippen LogP contribution in [-0.4, -0.2) is 70.0 Å². The summed E-state index contributed by atoms with van der Waals surface area (Å²) in [5.41, 5.74) is 0.896. The third kappa shape index (κ3) is 5.20. The van der Waals surface area contributed by atoms with Crippen LogP contribution in [0.5, 0.6) is 5.88 Å². The first-order valence-electron chi connectivity index (χ1n) is 12.8. The van der Waals surface area contributed by atoms with Crippen molar-refractivity contribution >= 4 is 5.91 Å². The summed E-state index contributed by atoms with van der Waals surface area (Å²) in [6.07, 6.45) is 4.21. The Bertz CT molecular complexity index is 1090. The van der Waals surface area contributed by atoms with E-state index >= 15 is 0 Å². The first-order valence-corrected chi connectivity index (χ1v) is 12.8. The Morgan fingerprint density at radius 1 is 1.03 bits per heavy atom. The van der Waals surface area contributed by atoms with Gasteiger partial charge in [-0.1, -0.05) is 12.1 Å². The van der Waals surface area contributed by atoms with Crippen molar-refractivity contribution < 1.29 is 22.7 Å².